The fourth-order valence-corrected chi connectivity index (χ4v) is 4.04. The second kappa shape index (κ2) is 9.81. The highest BCUT2D eigenvalue weighted by molar-refractivity contribution is 5.96. The van der Waals surface area contributed by atoms with Crippen LogP contribution in [0.3, 0.4) is 0 Å². The second-order valence-electron chi connectivity index (χ2n) is 8.33. The highest BCUT2D eigenvalue weighted by Gasteiger charge is 2.18. The van der Waals surface area contributed by atoms with Crippen molar-refractivity contribution in [2.75, 3.05) is 6.54 Å². The molecule has 0 atom stereocenters. The van der Waals surface area contributed by atoms with Gasteiger partial charge < -0.3 is 9.88 Å². The number of rotatable bonds is 8. The lowest BCUT2D eigenvalue weighted by Gasteiger charge is -2.15. The molecule has 1 amide bonds. The summed E-state index contributed by atoms with van der Waals surface area (Å²) in [7, 11) is 0. The summed E-state index contributed by atoms with van der Waals surface area (Å²) in [5, 5.41) is 12.1. The van der Waals surface area contributed by atoms with Gasteiger partial charge in [0.1, 0.15) is 16.8 Å². The van der Waals surface area contributed by atoms with E-state index in [1.54, 1.807) is 16.8 Å². The monoisotopic (exact) mass is 443 g/mol. The first kappa shape index (κ1) is 22.5. The van der Waals surface area contributed by atoms with Crippen LogP contribution in [0.2, 0.25) is 0 Å². The molecule has 0 aliphatic heterocycles. The van der Waals surface area contributed by atoms with Gasteiger partial charge in [0.05, 0.1) is 17.5 Å². The predicted molar refractivity (Wildman–Crippen MR) is 130 cm³/mol. The summed E-state index contributed by atoms with van der Waals surface area (Å²) in [5.74, 6) is -0.339. The third-order valence-electron chi connectivity index (χ3n) is 5.88. The third kappa shape index (κ3) is 4.58. The molecule has 170 valence electrons. The maximum atomic E-state index is 13.4. The number of hydrogen-bond donors (Lipinski definition) is 2. The second-order valence-corrected chi connectivity index (χ2v) is 8.33. The third-order valence-corrected chi connectivity index (χ3v) is 5.88. The molecule has 7 heteroatoms. The number of benzene rings is 1. The zero-order chi connectivity index (χ0) is 23.4. The molecule has 0 spiro atoms. The molecule has 0 aliphatic carbocycles. The average Bonchev–Trinajstić information content (AvgIpc) is 2.82. The van der Waals surface area contributed by atoms with E-state index in [9.17, 15) is 9.59 Å². The molecule has 0 radical (unpaired) electrons. The Hall–Kier alpha value is -3.74. The van der Waals surface area contributed by atoms with Crippen molar-refractivity contribution in [1.29, 1.82) is 5.41 Å². The maximum Gasteiger partial charge on any atom is 0.267 e. The van der Waals surface area contributed by atoms with Crippen LogP contribution in [-0.4, -0.2) is 26.4 Å². The van der Waals surface area contributed by atoms with Crippen LogP contribution in [0, 0.1) is 12.3 Å². The summed E-state index contributed by atoms with van der Waals surface area (Å²) in [6, 6.07) is 14.9. The Labute approximate surface area is 192 Å². The zero-order valence-electron chi connectivity index (χ0n) is 19.1. The Bertz CT molecular complexity index is 1420. The van der Waals surface area contributed by atoms with Gasteiger partial charge in [-0.3, -0.25) is 19.4 Å². The van der Waals surface area contributed by atoms with Crippen molar-refractivity contribution in [1.82, 2.24) is 19.3 Å². The number of aromatic nitrogens is 3. The first-order chi connectivity index (χ1) is 16.0. The number of pyridine rings is 2. The summed E-state index contributed by atoms with van der Waals surface area (Å²) in [4.78, 5) is 31.1. The van der Waals surface area contributed by atoms with E-state index in [4.69, 9.17) is 10.4 Å². The van der Waals surface area contributed by atoms with E-state index in [1.165, 1.54) is 10.5 Å². The van der Waals surface area contributed by atoms with E-state index in [1.807, 2.05) is 43.3 Å². The molecule has 33 heavy (non-hydrogen) atoms. The summed E-state index contributed by atoms with van der Waals surface area (Å²) in [6.07, 6.45) is 5.87. The van der Waals surface area contributed by atoms with Crippen molar-refractivity contribution in [3.05, 3.63) is 87.3 Å². The van der Waals surface area contributed by atoms with E-state index in [0.717, 1.165) is 36.8 Å². The lowest BCUT2D eigenvalue weighted by molar-refractivity contribution is 0.0950. The molecule has 1 aromatic carbocycles. The number of amides is 1. The van der Waals surface area contributed by atoms with Gasteiger partial charge in [0.25, 0.3) is 11.5 Å². The van der Waals surface area contributed by atoms with Crippen molar-refractivity contribution in [3.8, 4) is 0 Å². The molecule has 4 rings (SSSR count). The van der Waals surface area contributed by atoms with Gasteiger partial charge in [0.2, 0.25) is 0 Å². The minimum Gasteiger partial charge on any atom is -0.352 e. The number of fused-ring (bicyclic) bond motifs is 2. The lowest BCUT2D eigenvalue weighted by atomic mass is 10.1. The molecule has 0 unspecified atom stereocenters. The molecule has 0 saturated carbocycles. The van der Waals surface area contributed by atoms with Gasteiger partial charge in [0.15, 0.2) is 0 Å². The van der Waals surface area contributed by atoms with E-state index < -0.39 is 0 Å². The number of carbonyl (C=O) groups excluding carboxylic acids is 1. The van der Waals surface area contributed by atoms with Gasteiger partial charge >= 0.3 is 0 Å². The molecule has 3 aromatic heterocycles. The van der Waals surface area contributed by atoms with Crippen molar-refractivity contribution < 1.29 is 4.79 Å². The van der Waals surface area contributed by atoms with Crippen LogP contribution >= 0.6 is 0 Å². The molecule has 0 bridgehead atoms. The van der Waals surface area contributed by atoms with Gasteiger partial charge in [-0.15, -0.1) is 0 Å². The highest BCUT2D eigenvalue weighted by atomic mass is 16.1. The Morgan fingerprint density at radius 3 is 2.61 bits per heavy atom. The van der Waals surface area contributed by atoms with Gasteiger partial charge in [-0.25, -0.2) is 4.98 Å². The minimum absolute atomic E-state index is 0.0437. The molecular weight excluding hydrogens is 414 g/mol. The van der Waals surface area contributed by atoms with Crippen LogP contribution in [0.1, 0.15) is 54.1 Å². The Morgan fingerprint density at radius 1 is 1.06 bits per heavy atom. The van der Waals surface area contributed by atoms with Crippen LogP contribution in [-0.2, 0) is 6.54 Å². The lowest BCUT2D eigenvalue weighted by Crippen LogP contribution is -2.35. The number of nitrogens with one attached hydrogen (secondary N) is 2. The van der Waals surface area contributed by atoms with Crippen molar-refractivity contribution in [3.63, 3.8) is 0 Å². The number of aryl methyl sites for hydroxylation is 1. The smallest absolute Gasteiger partial charge is 0.267 e. The van der Waals surface area contributed by atoms with Crippen molar-refractivity contribution in [2.24, 2.45) is 0 Å². The topological polar surface area (TPSA) is 92.2 Å². The number of nitrogens with zero attached hydrogens (tertiary/aromatic N) is 3. The molecule has 3 heterocycles. The molecule has 0 fully saturated rings. The van der Waals surface area contributed by atoms with Crippen molar-refractivity contribution >= 4 is 22.6 Å². The van der Waals surface area contributed by atoms with Crippen LogP contribution < -0.4 is 16.4 Å². The summed E-state index contributed by atoms with van der Waals surface area (Å²) >= 11 is 0. The Kier molecular flexibility index (Phi) is 6.68. The largest absolute Gasteiger partial charge is 0.352 e. The average molecular weight is 444 g/mol. The SMILES string of the molecule is CCCCCCNC(=O)c1cc2c(=O)n3cccc(C)c3nc2n(Cc2ccccc2)c1=N. The quantitative estimate of drug-likeness (QED) is 0.321. The van der Waals surface area contributed by atoms with Gasteiger partial charge in [-0.05, 0) is 36.6 Å². The minimum atomic E-state index is -0.339. The standard InChI is InChI=1S/C26H29N5O2/c1-3-4-5-9-14-28-25(32)20-16-21-24(29-23-18(2)11-10-15-30(23)26(21)33)31(22(20)27)17-19-12-7-6-8-13-19/h6-8,10-13,15-16,27H,3-5,9,14,17H2,1-2H3,(H,28,32). The molecule has 4 aromatic rings. The molecular formula is C26H29N5O2. The van der Waals surface area contributed by atoms with E-state index >= 15 is 0 Å². The van der Waals surface area contributed by atoms with Gasteiger partial charge in [0, 0.05) is 12.7 Å². The van der Waals surface area contributed by atoms with E-state index in [-0.39, 0.29) is 22.5 Å². The Morgan fingerprint density at radius 2 is 1.85 bits per heavy atom. The van der Waals surface area contributed by atoms with Crippen molar-refractivity contribution in [2.45, 2.75) is 46.1 Å². The zero-order valence-corrected chi connectivity index (χ0v) is 19.1. The molecule has 2 N–H and O–H groups in total. The first-order valence-corrected chi connectivity index (χ1v) is 11.4. The predicted octanol–water partition coefficient (Wildman–Crippen LogP) is 3.80. The normalized spacial score (nSPS) is 11.2. The number of hydrogen-bond acceptors (Lipinski definition) is 4. The van der Waals surface area contributed by atoms with Gasteiger partial charge in [-0.2, -0.15) is 0 Å². The summed E-state index contributed by atoms with van der Waals surface area (Å²) < 4.78 is 3.16. The molecule has 0 aliphatic rings. The number of unbranched alkanes of at least 4 members (excludes halogenated alkanes) is 3. The maximum absolute atomic E-state index is 13.4. The first-order valence-electron chi connectivity index (χ1n) is 11.4. The van der Waals surface area contributed by atoms with E-state index in [0.29, 0.717) is 29.8 Å². The fourth-order valence-electron chi connectivity index (χ4n) is 4.04. The van der Waals surface area contributed by atoms with Crippen LogP contribution in [0.15, 0.2) is 59.5 Å². The van der Waals surface area contributed by atoms with E-state index in [2.05, 4.69) is 12.2 Å². The highest BCUT2D eigenvalue weighted by Crippen LogP contribution is 2.14. The number of carbonyl (C=O) groups is 1. The summed E-state index contributed by atoms with van der Waals surface area (Å²) in [6.45, 7) is 4.92. The Balaban J connectivity index is 1.87. The van der Waals surface area contributed by atoms with Crippen LogP contribution in [0.4, 0.5) is 0 Å². The van der Waals surface area contributed by atoms with Crippen LogP contribution in [0.25, 0.3) is 16.7 Å². The summed E-state index contributed by atoms with van der Waals surface area (Å²) in [5.41, 5.74) is 2.75. The molecule has 0 saturated heterocycles. The fraction of sp³-hybridized carbons (Fsp3) is 0.308. The molecule has 7 nitrogen and oxygen atoms in total. The van der Waals surface area contributed by atoms with Gasteiger partial charge in [-0.1, -0.05) is 62.6 Å². The van der Waals surface area contributed by atoms with Crippen LogP contribution in [0.5, 0.6) is 0 Å².